The van der Waals surface area contributed by atoms with Crippen molar-refractivity contribution in [2.45, 2.75) is 39.2 Å². The van der Waals surface area contributed by atoms with Crippen LogP contribution < -0.4 is 11.1 Å². The van der Waals surface area contributed by atoms with Crippen LogP contribution in [-0.2, 0) is 0 Å². The highest BCUT2D eigenvalue weighted by atomic mass is 16.1. The molecule has 0 aliphatic heterocycles. The first-order valence-corrected chi connectivity index (χ1v) is 6.02. The average Bonchev–Trinajstić information content (AvgIpc) is 2.36. The van der Waals surface area contributed by atoms with Crippen molar-refractivity contribution in [3.63, 3.8) is 0 Å². The summed E-state index contributed by atoms with van der Waals surface area (Å²) >= 11 is 0. The number of pyridine rings is 1. The molecule has 0 aromatic carbocycles. The molecule has 0 aliphatic carbocycles. The van der Waals surface area contributed by atoms with Crippen LogP contribution in [0.2, 0.25) is 0 Å². The highest BCUT2D eigenvalue weighted by Crippen LogP contribution is 2.15. The van der Waals surface area contributed by atoms with E-state index in [1.54, 1.807) is 18.3 Å². The number of aromatic nitrogens is 1. The molecule has 1 heterocycles. The SMILES string of the molecule is CCC(CC)(CN)NC(=O)c1cccnc1C. The molecule has 0 unspecified atom stereocenters. The van der Waals surface area contributed by atoms with Crippen molar-refractivity contribution in [3.05, 3.63) is 29.6 Å². The summed E-state index contributed by atoms with van der Waals surface area (Å²) in [5.74, 6) is -0.0928. The zero-order valence-electron chi connectivity index (χ0n) is 10.8. The number of hydrogen-bond acceptors (Lipinski definition) is 3. The van der Waals surface area contributed by atoms with E-state index in [2.05, 4.69) is 10.3 Å². The number of aryl methyl sites for hydroxylation is 1. The first kappa shape index (κ1) is 13.6. The third kappa shape index (κ3) is 3.03. The zero-order chi connectivity index (χ0) is 12.9. The fourth-order valence-corrected chi connectivity index (χ4v) is 1.80. The minimum absolute atomic E-state index is 0.0928. The topological polar surface area (TPSA) is 68.0 Å². The second-order valence-corrected chi connectivity index (χ2v) is 4.28. The molecule has 0 radical (unpaired) electrons. The summed E-state index contributed by atoms with van der Waals surface area (Å²) in [6.45, 7) is 6.35. The van der Waals surface area contributed by atoms with E-state index < -0.39 is 0 Å². The summed E-state index contributed by atoms with van der Waals surface area (Å²) in [5.41, 5.74) is 6.81. The summed E-state index contributed by atoms with van der Waals surface area (Å²) in [6, 6.07) is 3.55. The number of nitrogens with one attached hydrogen (secondary N) is 1. The van der Waals surface area contributed by atoms with Gasteiger partial charge >= 0.3 is 0 Å². The van der Waals surface area contributed by atoms with Gasteiger partial charge in [-0.1, -0.05) is 13.8 Å². The molecule has 0 bridgehead atoms. The Balaban J connectivity index is 2.89. The number of rotatable bonds is 5. The first-order valence-electron chi connectivity index (χ1n) is 6.02. The zero-order valence-corrected chi connectivity index (χ0v) is 10.8. The number of nitrogens with zero attached hydrogens (tertiary/aromatic N) is 1. The van der Waals surface area contributed by atoms with Crippen LogP contribution in [0.25, 0.3) is 0 Å². The fraction of sp³-hybridized carbons (Fsp3) is 0.538. The third-order valence-corrected chi connectivity index (χ3v) is 3.37. The Bertz CT molecular complexity index is 378. The van der Waals surface area contributed by atoms with E-state index in [0.29, 0.717) is 12.1 Å². The molecule has 1 amide bonds. The number of hydrogen-bond donors (Lipinski definition) is 2. The molecule has 0 saturated heterocycles. The Morgan fingerprint density at radius 1 is 1.47 bits per heavy atom. The van der Waals surface area contributed by atoms with Crippen LogP contribution in [0.5, 0.6) is 0 Å². The average molecular weight is 235 g/mol. The van der Waals surface area contributed by atoms with Crippen molar-refractivity contribution in [2.75, 3.05) is 6.54 Å². The van der Waals surface area contributed by atoms with Gasteiger partial charge in [0.2, 0.25) is 0 Å². The Morgan fingerprint density at radius 2 is 2.12 bits per heavy atom. The molecule has 1 aromatic heterocycles. The van der Waals surface area contributed by atoms with E-state index in [0.717, 1.165) is 18.5 Å². The molecule has 0 spiro atoms. The van der Waals surface area contributed by atoms with Gasteiger partial charge in [0.1, 0.15) is 0 Å². The number of nitrogens with two attached hydrogens (primary N) is 1. The molecule has 4 heteroatoms. The van der Waals surface area contributed by atoms with Gasteiger partial charge in [-0.05, 0) is 31.9 Å². The Hall–Kier alpha value is -1.42. The van der Waals surface area contributed by atoms with Gasteiger partial charge in [0, 0.05) is 18.4 Å². The Labute approximate surface area is 103 Å². The van der Waals surface area contributed by atoms with Crippen molar-refractivity contribution in [2.24, 2.45) is 5.73 Å². The number of amides is 1. The molecular weight excluding hydrogens is 214 g/mol. The van der Waals surface area contributed by atoms with Crippen LogP contribution >= 0.6 is 0 Å². The van der Waals surface area contributed by atoms with Gasteiger partial charge in [0.05, 0.1) is 11.1 Å². The van der Waals surface area contributed by atoms with Crippen molar-refractivity contribution in [1.29, 1.82) is 0 Å². The van der Waals surface area contributed by atoms with Gasteiger partial charge in [0.25, 0.3) is 5.91 Å². The van der Waals surface area contributed by atoms with E-state index in [9.17, 15) is 4.79 Å². The van der Waals surface area contributed by atoms with Gasteiger partial charge in [-0.25, -0.2) is 0 Å². The summed E-state index contributed by atoms with van der Waals surface area (Å²) in [5, 5.41) is 3.03. The lowest BCUT2D eigenvalue weighted by Gasteiger charge is -2.31. The van der Waals surface area contributed by atoms with E-state index in [-0.39, 0.29) is 11.4 Å². The maximum Gasteiger partial charge on any atom is 0.253 e. The minimum atomic E-state index is -0.306. The Morgan fingerprint density at radius 3 is 2.59 bits per heavy atom. The molecule has 0 fully saturated rings. The van der Waals surface area contributed by atoms with Crippen LogP contribution in [0.3, 0.4) is 0 Å². The van der Waals surface area contributed by atoms with Crippen molar-refractivity contribution < 1.29 is 4.79 Å². The third-order valence-electron chi connectivity index (χ3n) is 3.37. The van der Waals surface area contributed by atoms with Crippen LogP contribution in [0.15, 0.2) is 18.3 Å². The van der Waals surface area contributed by atoms with E-state index in [1.165, 1.54) is 0 Å². The molecule has 0 saturated carbocycles. The summed E-state index contributed by atoms with van der Waals surface area (Å²) in [4.78, 5) is 16.3. The van der Waals surface area contributed by atoms with Gasteiger partial charge in [-0.15, -0.1) is 0 Å². The lowest BCUT2D eigenvalue weighted by Crippen LogP contribution is -2.53. The standard InChI is InChI=1S/C13H21N3O/c1-4-13(5-2,9-14)16-12(17)11-7-6-8-15-10(11)3/h6-8H,4-5,9,14H2,1-3H3,(H,16,17). The first-order chi connectivity index (χ1) is 8.08. The lowest BCUT2D eigenvalue weighted by molar-refractivity contribution is 0.0894. The summed E-state index contributed by atoms with van der Waals surface area (Å²) in [6.07, 6.45) is 3.33. The molecule has 1 rings (SSSR count). The minimum Gasteiger partial charge on any atom is -0.345 e. The lowest BCUT2D eigenvalue weighted by atomic mass is 9.92. The summed E-state index contributed by atoms with van der Waals surface area (Å²) in [7, 11) is 0. The van der Waals surface area contributed by atoms with E-state index in [4.69, 9.17) is 5.73 Å². The number of carbonyl (C=O) groups excluding carboxylic acids is 1. The van der Waals surface area contributed by atoms with Gasteiger partial charge in [0.15, 0.2) is 0 Å². The Kier molecular flexibility index (Phi) is 4.63. The van der Waals surface area contributed by atoms with Crippen molar-refractivity contribution in [3.8, 4) is 0 Å². The second-order valence-electron chi connectivity index (χ2n) is 4.28. The predicted octanol–water partition coefficient (Wildman–Crippen LogP) is 1.64. The monoisotopic (exact) mass is 235 g/mol. The van der Waals surface area contributed by atoms with Crippen molar-refractivity contribution in [1.82, 2.24) is 10.3 Å². The molecular formula is C13H21N3O. The van der Waals surface area contributed by atoms with Crippen LogP contribution in [0.1, 0.15) is 42.7 Å². The molecule has 94 valence electrons. The molecule has 3 N–H and O–H groups in total. The van der Waals surface area contributed by atoms with Gasteiger partial charge < -0.3 is 11.1 Å². The molecule has 1 aromatic rings. The maximum atomic E-state index is 12.2. The van der Waals surface area contributed by atoms with Gasteiger partial charge in [-0.2, -0.15) is 0 Å². The second kappa shape index (κ2) is 5.77. The highest BCUT2D eigenvalue weighted by Gasteiger charge is 2.27. The maximum absolute atomic E-state index is 12.2. The number of carbonyl (C=O) groups is 1. The van der Waals surface area contributed by atoms with Crippen LogP contribution in [0, 0.1) is 6.92 Å². The largest absolute Gasteiger partial charge is 0.345 e. The molecule has 0 atom stereocenters. The quantitative estimate of drug-likeness (QED) is 0.815. The van der Waals surface area contributed by atoms with E-state index >= 15 is 0 Å². The normalized spacial score (nSPS) is 11.3. The molecule has 0 aliphatic rings. The van der Waals surface area contributed by atoms with E-state index in [1.807, 2.05) is 20.8 Å². The van der Waals surface area contributed by atoms with Crippen LogP contribution in [-0.4, -0.2) is 23.0 Å². The molecule has 17 heavy (non-hydrogen) atoms. The fourth-order valence-electron chi connectivity index (χ4n) is 1.80. The summed E-state index contributed by atoms with van der Waals surface area (Å²) < 4.78 is 0. The predicted molar refractivity (Wildman–Crippen MR) is 68.8 cm³/mol. The smallest absolute Gasteiger partial charge is 0.253 e. The van der Waals surface area contributed by atoms with Gasteiger partial charge in [-0.3, -0.25) is 9.78 Å². The highest BCUT2D eigenvalue weighted by molar-refractivity contribution is 5.95. The molecule has 4 nitrogen and oxygen atoms in total. The van der Waals surface area contributed by atoms with Crippen molar-refractivity contribution >= 4 is 5.91 Å². The van der Waals surface area contributed by atoms with Crippen LogP contribution in [0.4, 0.5) is 0 Å².